The van der Waals surface area contributed by atoms with Crippen molar-refractivity contribution in [1.29, 1.82) is 0 Å². The second-order valence-corrected chi connectivity index (χ2v) is 8.19. The summed E-state index contributed by atoms with van der Waals surface area (Å²) in [4.78, 5) is 31.7. The van der Waals surface area contributed by atoms with E-state index < -0.39 is 17.7 Å². The first kappa shape index (κ1) is 22.6. The van der Waals surface area contributed by atoms with Gasteiger partial charge in [0.15, 0.2) is 0 Å². The lowest BCUT2D eigenvalue weighted by atomic mass is 9.95. The quantitative estimate of drug-likeness (QED) is 0.299. The molecule has 1 amide bonds. The molecule has 6 nitrogen and oxygen atoms in total. The van der Waals surface area contributed by atoms with Crippen molar-refractivity contribution in [2.75, 3.05) is 11.5 Å². The number of ether oxygens (including phenoxy) is 1. The van der Waals surface area contributed by atoms with Crippen LogP contribution in [0.3, 0.4) is 0 Å². The van der Waals surface area contributed by atoms with Crippen LogP contribution in [0.25, 0.3) is 5.76 Å². The molecule has 2 heterocycles. The summed E-state index contributed by atoms with van der Waals surface area (Å²) in [5.74, 6) is -1.01. The molecule has 0 spiro atoms. The molecule has 1 fully saturated rings. The molecule has 1 atom stereocenters. The van der Waals surface area contributed by atoms with Gasteiger partial charge in [-0.15, -0.1) is 0 Å². The topological polar surface area (TPSA) is 79.7 Å². The molecule has 7 heteroatoms. The summed E-state index contributed by atoms with van der Waals surface area (Å²) in [6, 6.07) is 14.5. The highest BCUT2D eigenvalue weighted by molar-refractivity contribution is 6.51. The molecule has 1 N–H and O–H groups in total. The van der Waals surface area contributed by atoms with Gasteiger partial charge in [0.25, 0.3) is 11.7 Å². The molecule has 0 saturated carbocycles. The number of aliphatic hydroxyl groups excluding tert-OH is 1. The van der Waals surface area contributed by atoms with E-state index in [1.165, 1.54) is 4.90 Å². The molecule has 0 bridgehead atoms. The lowest BCUT2D eigenvalue weighted by Gasteiger charge is -2.25. The van der Waals surface area contributed by atoms with Crippen LogP contribution in [0.2, 0.25) is 5.02 Å². The smallest absolute Gasteiger partial charge is 0.300 e. The number of amides is 1. The molecule has 1 unspecified atom stereocenters. The number of aryl methyl sites for hydroxylation is 1. The van der Waals surface area contributed by atoms with Crippen molar-refractivity contribution in [1.82, 2.24) is 4.98 Å². The molecule has 1 saturated heterocycles. The summed E-state index contributed by atoms with van der Waals surface area (Å²) in [6.45, 7) is 4.48. The van der Waals surface area contributed by atoms with Crippen LogP contribution >= 0.6 is 11.6 Å². The lowest BCUT2D eigenvalue weighted by Crippen LogP contribution is -2.29. The molecule has 1 aromatic heterocycles. The van der Waals surface area contributed by atoms with Crippen molar-refractivity contribution in [2.45, 2.75) is 26.3 Å². The second-order valence-electron chi connectivity index (χ2n) is 7.75. The van der Waals surface area contributed by atoms with Crippen LogP contribution < -0.4 is 9.64 Å². The molecule has 33 heavy (non-hydrogen) atoms. The number of benzene rings is 2. The minimum Gasteiger partial charge on any atom is -0.507 e. The molecule has 0 radical (unpaired) electrons. The summed E-state index contributed by atoms with van der Waals surface area (Å²) in [7, 11) is 0. The normalized spacial score (nSPS) is 17.4. The molecular weight excluding hydrogens is 440 g/mol. The molecule has 3 aromatic rings. The number of ketones is 1. The fourth-order valence-corrected chi connectivity index (χ4v) is 4.01. The zero-order valence-electron chi connectivity index (χ0n) is 18.3. The van der Waals surface area contributed by atoms with Gasteiger partial charge in [-0.25, -0.2) is 0 Å². The summed E-state index contributed by atoms with van der Waals surface area (Å²) in [5, 5.41) is 11.8. The van der Waals surface area contributed by atoms with Crippen LogP contribution in [-0.2, 0) is 9.59 Å². The van der Waals surface area contributed by atoms with Crippen LogP contribution in [0.4, 0.5) is 5.69 Å². The number of carbonyl (C=O) groups is 2. The monoisotopic (exact) mass is 462 g/mol. The van der Waals surface area contributed by atoms with Gasteiger partial charge in [0.1, 0.15) is 11.5 Å². The van der Waals surface area contributed by atoms with Gasteiger partial charge in [0, 0.05) is 28.7 Å². The number of halogens is 1. The van der Waals surface area contributed by atoms with Gasteiger partial charge in [0.05, 0.1) is 18.2 Å². The van der Waals surface area contributed by atoms with Gasteiger partial charge in [-0.2, -0.15) is 0 Å². The number of nitrogens with zero attached hydrogens (tertiary/aromatic N) is 2. The van der Waals surface area contributed by atoms with E-state index in [-0.39, 0.29) is 11.3 Å². The summed E-state index contributed by atoms with van der Waals surface area (Å²) in [5.41, 5.74) is 2.43. The Labute approximate surface area is 197 Å². The molecule has 1 aliphatic rings. The minimum atomic E-state index is -0.814. The zero-order chi connectivity index (χ0) is 23.5. The Morgan fingerprint density at radius 2 is 1.79 bits per heavy atom. The number of hydrogen-bond acceptors (Lipinski definition) is 5. The molecule has 0 aliphatic carbocycles. The van der Waals surface area contributed by atoms with Crippen LogP contribution in [0.5, 0.6) is 5.75 Å². The van der Waals surface area contributed by atoms with Crippen molar-refractivity contribution >= 4 is 34.7 Å². The van der Waals surface area contributed by atoms with E-state index >= 15 is 0 Å². The Morgan fingerprint density at radius 1 is 1.09 bits per heavy atom. The van der Waals surface area contributed by atoms with Gasteiger partial charge in [-0.1, -0.05) is 18.5 Å². The number of aromatic nitrogens is 1. The second kappa shape index (κ2) is 9.46. The van der Waals surface area contributed by atoms with Gasteiger partial charge in [-0.05, 0) is 79.1 Å². The maximum absolute atomic E-state index is 13.2. The number of rotatable bonds is 6. The average molecular weight is 463 g/mol. The van der Waals surface area contributed by atoms with Gasteiger partial charge < -0.3 is 9.84 Å². The molecule has 4 rings (SSSR count). The Balaban J connectivity index is 1.85. The van der Waals surface area contributed by atoms with Crippen LogP contribution in [0, 0.1) is 6.92 Å². The van der Waals surface area contributed by atoms with E-state index in [4.69, 9.17) is 16.3 Å². The third kappa shape index (κ3) is 4.34. The molecule has 168 valence electrons. The van der Waals surface area contributed by atoms with Crippen molar-refractivity contribution in [2.24, 2.45) is 0 Å². The fourth-order valence-electron chi connectivity index (χ4n) is 3.89. The maximum atomic E-state index is 13.2. The standard InChI is InChI=1S/C26H23ClN2O4/c1-3-14-33-21-9-4-18(15-16(21)2)24(30)22-23(17-10-12-28-13-11-17)29(26(32)25(22)31)20-7-5-19(27)6-8-20/h4-13,15,23,30H,3,14H2,1-2H3/b24-22-. The number of pyridine rings is 1. The summed E-state index contributed by atoms with van der Waals surface area (Å²) >= 11 is 6.02. The molecule has 2 aromatic carbocycles. The summed E-state index contributed by atoms with van der Waals surface area (Å²) in [6.07, 6.45) is 4.05. The van der Waals surface area contributed by atoms with E-state index in [0.717, 1.165) is 12.0 Å². The largest absolute Gasteiger partial charge is 0.507 e. The number of hydrogen-bond donors (Lipinski definition) is 1. The molecule has 1 aliphatic heterocycles. The number of anilines is 1. The third-order valence-corrected chi connectivity index (χ3v) is 5.73. The zero-order valence-corrected chi connectivity index (χ0v) is 19.0. The minimum absolute atomic E-state index is 0.0165. The third-order valence-electron chi connectivity index (χ3n) is 5.48. The SMILES string of the molecule is CCCOc1ccc(/C(O)=C2/C(=O)C(=O)N(c3ccc(Cl)cc3)C2c2ccncc2)cc1C. The van der Waals surface area contributed by atoms with Gasteiger partial charge in [0.2, 0.25) is 0 Å². The predicted molar refractivity (Wildman–Crippen MR) is 127 cm³/mol. The van der Waals surface area contributed by atoms with Crippen molar-refractivity contribution < 1.29 is 19.4 Å². The van der Waals surface area contributed by atoms with Crippen LogP contribution in [0.1, 0.15) is 36.1 Å². The number of carbonyl (C=O) groups excluding carboxylic acids is 2. The van der Waals surface area contributed by atoms with Crippen molar-refractivity contribution in [3.8, 4) is 5.75 Å². The van der Waals surface area contributed by atoms with Crippen LogP contribution in [0.15, 0.2) is 72.6 Å². The van der Waals surface area contributed by atoms with E-state index in [9.17, 15) is 14.7 Å². The van der Waals surface area contributed by atoms with Crippen molar-refractivity contribution in [3.63, 3.8) is 0 Å². The van der Waals surface area contributed by atoms with E-state index in [1.54, 1.807) is 67.0 Å². The number of Topliss-reactive ketones (excluding diaryl/α,β-unsaturated/α-hetero) is 1. The first-order chi connectivity index (χ1) is 15.9. The van der Waals surface area contributed by atoms with Crippen LogP contribution in [-0.4, -0.2) is 28.4 Å². The van der Waals surface area contributed by atoms with E-state index in [2.05, 4.69) is 4.98 Å². The fraction of sp³-hybridized carbons (Fsp3) is 0.192. The van der Waals surface area contributed by atoms with Gasteiger partial charge in [-0.3, -0.25) is 19.5 Å². The van der Waals surface area contributed by atoms with Crippen molar-refractivity contribution in [3.05, 3.63) is 94.3 Å². The highest BCUT2D eigenvalue weighted by Gasteiger charge is 2.47. The average Bonchev–Trinajstić information content (AvgIpc) is 3.09. The Morgan fingerprint density at radius 3 is 2.42 bits per heavy atom. The summed E-state index contributed by atoms with van der Waals surface area (Å²) < 4.78 is 5.71. The first-order valence-electron chi connectivity index (χ1n) is 10.6. The highest BCUT2D eigenvalue weighted by atomic mass is 35.5. The maximum Gasteiger partial charge on any atom is 0.300 e. The number of aliphatic hydroxyl groups is 1. The van der Waals surface area contributed by atoms with Gasteiger partial charge >= 0.3 is 0 Å². The molecular formula is C26H23ClN2O4. The Hall–Kier alpha value is -3.64. The Kier molecular flexibility index (Phi) is 6.47. The highest BCUT2D eigenvalue weighted by Crippen LogP contribution is 2.42. The van der Waals surface area contributed by atoms with E-state index in [0.29, 0.717) is 34.2 Å². The lowest BCUT2D eigenvalue weighted by molar-refractivity contribution is -0.132. The Bertz CT molecular complexity index is 1220. The predicted octanol–water partition coefficient (Wildman–Crippen LogP) is 5.46. The van der Waals surface area contributed by atoms with E-state index in [1.807, 2.05) is 13.8 Å². The first-order valence-corrected chi connectivity index (χ1v) is 11.0.